The molecule has 0 aliphatic carbocycles. The van der Waals surface area contributed by atoms with Gasteiger partial charge >= 0.3 is 0 Å². The highest BCUT2D eigenvalue weighted by molar-refractivity contribution is 5.76. The van der Waals surface area contributed by atoms with Crippen molar-refractivity contribution in [2.24, 2.45) is 0 Å². The van der Waals surface area contributed by atoms with Gasteiger partial charge in [0, 0.05) is 6.42 Å². The number of allylic oxidation sites excluding steroid dienone is 23. The van der Waals surface area contributed by atoms with Crippen LogP contribution in [0.2, 0.25) is 0 Å². The lowest BCUT2D eigenvalue weighted by molar-refractivity contribution is -0.302. The lowest BCUT2D eigenvalue weighted by Crippen LogP contribution is -2.60. The van der Waals surface area contributed by atoms with Crippen LogP contribution in [0.15, 0.2) is 146 Å². The van der Waals surface area contributed by atoms with Crippen molar-refractivity contribution < 1.29 is 39.8 Å². The maximum Gasteiger partial charge on any atom is 0.220 e. The van der Waals surface area contributed by atoms with Crippen molar-refractivity contribution >= 4 is 5.91 Å². The molecule has 6 N–H and O–H groups in total. The molecule has 1 aliphatic heterocycles. The van der Waals surface area contributed by atoms with E-state index in [9.17, 15) is 30.3 Å². The van der Waals surface area contributed by atoms with Gasteiger partial charge in [-0.3, -0.25) is 4.79 Å². The van der Waals surface area contributed by atoms with E-state index in [1.807, 2.05) is 6.08 Å². The highest BCUT2D eigenvalue weighted by Gasteiger charge is 2.44. The monoisotopic (exact) mass is 1140 g/mol. The summed E-state index contributed by atoms with van der Waals surface area (Å²) in [5.41, 5.74) is 0. The fraction of sp³-hybridized carbons (Fsp3) is 0.658. The summed E-state index contributed by atoms with van der Waals surface area (Å²) in [6.07, 6.45) is 86.4. The number of unbranched alkanes of at least 4 members (excludes halogenated alkanes) is 23. The topological polar surface area (TPSA) is 149 Å². The first-order valence-corrected chi connectivity index (χ1v) is 33.1. The van der Waals surface area contributed by atoms with E-state index in [1.54, 1.807) is 6.08 Å². The maximum atomic E-state index is 13.1. The second-order valence-electron chi connectivity index (χ2n) is 22.2. The Hall–Kier alpha value is -3.93. The highest BCUT2D eigenvalue weighted by Crippen LogP contribution is 2.23. The molecular formula is C73H121NO8. The van der Waals surface area contributed by atoms with Gasteiger partial charge in [-0.05, 0) is 116 Å². The van der Waals surface area contributed by atoms with Gasteiger partial charge in [0.1, 0.15) is 24.4 Å². The Morgan fingerprint density at radius 1 is 0.427 bits per heavy atom. The fourth-order valence-corrected chi connectivity index (χ4v) is 9.48. The zero-order valence-electron chi connectivity index (χ0n) is 51.9. The Morgan fingerprint density at radius 2 is 0.768 bits per heavy atom. The van der Waals surface area contributed by atoms with Crippen LogP contribution in [0.25, 0.3) is 0 Å². The molecule has 7 unspecified atom stereocenters. The second-order valence-corrected chi connectivity index (χ2v) is 22.2. The summed E-state index contributed by atoms with van der Waals surface area (Å²) in [5, 5.41) is 54.6. The van der Waals surface area contributed by atoms with E-state index in [-0.39, 0.29) is 12.5 Å². The van der Waals surface area contributed by atoms with Crippen LogP contribution in [0.1, 0.15) is 251 Å². The van der Waals surface area contributed by atoms with Crippen LogP contribution in [-0.4, -0.2) is 87.5 Å². The number of carbonyl (C=O) groups excluding carboxylic acids is 1. The van der Waals surface area contributed by atoms with Crippen LogP contribution in [-0.2, 0) is 14.3 Å². The van der Waals surface area contributed by atoms with Crippen LogP contribution in [0, 0.1) is 0 Å². The standard InChI is InChI=1S/C73H121NO8/c1-3-5-7-9-11-13-15-17-19-21-23-25-26-27-28-29-30-31-32-33-34-35-36-37-38-39-40-41-42-43-45-47-49-51-53-55-57-59-61-63-69(77)74-66(65-81-73-72(80)71(79)70(78)68(64-75)82-73)67(76)62-60-58-56-54-52-50-48-46-44-24-22-20-18-16-14-12-10-8-6-4-2/h5,7,11,13,17,19,23,25,27-28,30-31,33-34,36-37,39-40,44,46,52,54,60,62,66-68,70-73,75-76,78-80H,3-4,6,8-10,12,14-16,18,20-22,24,26,29,32,35,38,41-43,45,47-51,53,55-59,61,63-65H2,1-2H3,(H,74,77)/b7-5-,13-11-,19-17-,25-23-,28-27-,31-30-,34-33-,37-36-,40-39-,46-44+,54-52+,62-60+. The largest absolute Gasteiger partial charge is 0.394 e. The number of amides is 1. The van der Waals surface area contributed by atoms with Crippen molar-refractivity contribution in [3.63, 3.8) is 0 Å². The van der Waals surface area contributed by atoms with Crippen molar-refractivity contribution in [2.75, 3.05) is 13.2 Å². The molecule has 1 amide bonds. The molecule has 0 aromatic rings. The molecule has 0 radical (unpaired) electrons. The van der Waals surface area contributed by atoms with Crippen molar-refractivity contribution in [1.82, 2.24) is 5.32 Å². The third-order valence-electron chi connectivity index (χ3n) is 14.6. The van der Waals surface area contributed by atoms with E-state index in [0.29, 0.717) is 6.42 Å². The van der Waals surface area contributed by atoms with Gasteiger partial charge in [0.05, 0.1) is 25.4 Å². The third-order valence-corrected chi connectivity index (χ3v) is 14.6. The predicted octanol–water partition coefficient (Wildman–Crippen LogP) is 17.8. The number of ether oxygens (including phenoxy) is 2. The number of hydrogen-bond acceptors (Lipinski definition) is 8. The molecule has 0 bridgehead atoms. The molecule has 1 fully saturated rings. The number of hydrogen-bond donors (Lipinski definition) is 6. The van der Waals surface area contributed by atoms with Gasteiger partial charge in [-0.2, -0.15) is 0 Å². The lowest BCUT2D eigenvalue weighted by atomic mass is 9.99. The summed E-state index contributed by atoms with van der Waals surface area (Å²) in [6, 6.07) is -0.840. The average Bonchev–Trinajstić information content (AvgIpc) is 3.52. The summed E-state index contributed by atoms with van der Waals surface area (Å²) in [6.45, 7) is 3.64. The molecular weight excluding hydrogens is 1020 g/mol. The lowest BCUT2D eigenvalue weighted by Gasteiger charge is -2.40. The Morgan fingerprint density at radius 3 is 1.17 bits per heavy atom. The van der Waals surface area contributed by atoms with Gasteiger partial charge in [-0.25, -0.2) is 0 Å². The maximum absolute atomic E-state index is 13.1. The quantitative estimate of drug-likeness (QED) is 0.0261. The van der Waals surface area contributed by atoms with Crippen molar-refractivity contribution in [2.45, 2.75) is 294 Å². The van der Waals surface area contributed by atoms with Crippen LogP contribution < -0.4 is 5.32 Å². The smallest absolute Gasteiger partial charge is 0.220 e. The summed E-state index contributed by atoms with van der Waals surface area (Å²) >= 11 is 0. The number of nitrogens with one attached hydrogen (secondary N) is 1. The van der Waals surface area contributed by atoms with E-state index in [1.165, 1.54) is 109 Å². The molecule has 1 heterocycles. The Labute approximate surface area is 502 Å². The van der Waals surface area contributed by atoms with Gasteiger partial charge in [0.15, 0.2) is 6.29 Å². The van der Waals surface area contributed by atoms with Gasteiger partial charge in [-0.1, -0.05) is 275 Å². The second kappa shape index (κ2) is 60.2. The molecule has 0 aromatic carbocycles. The zero-order valence-corrected chi connectivity index (χ0v) is 51.9. The zero-order chi connectivity index (χ0) is 59.3. The molecule has 466 valence electrons. The molecule has 82 heavy (non-hydrogen) atoms. The van der Waals surface area contributed by atoms with Crippen molar-refractivity contribution in [1.29, 1.82) is 0 Å². The average molecular weight is 1140 g/mol. The Bertz CT molecular complexity index is 1800. The third kappa shape index (κ3) is 48.4. The first-order valence-electron chi connectivity index (χ1n) is 33.1. The fourth-order valence-electron chi connectivity index (χ4n) is 9.48. The number of aliphatic hydroxyl groups excluding tert-OH is 5. The van der Waals surface area contributed by atoms with E-state index < -0.39 is 49.5 Å². The van der Waals surface area contributed by atoms with Crippen LogP contribution in [0.4, 0.5) is 0 Å². The van der Waals surface area contributed by atoms with Crippen molar-refractivity contribution in [3.8, 4) is 0 Å². The summed E-state index contributed by atoms with van der Waals surface area (Å²) in [5.74, 6) is -0.199. The van der Waals surface area contributed by atoms with Gasteiger partial charge in [0.25, 0.3) is 0 Å². The number of carbonyl (C=O) groups is 1. The Kier molecular flexibility index (Phi) is 55.9. The first-order chi connectivity index (χ1) is 40.3. The molecule has 1 saturated heterocycles. The SMILES string of the molecule is CC/C=C\C/C=C\C/C=C\C/C=C\C/C=C\C/C=C\C/C=C\C/C=C\C/C=C\CCCCCCCCCCCCCC(=O)NC(COC1OC(CO)C(O)C(O)C1O)C(O)/C=C/CC/C=C/CC/C=C/CCCCCCCCCCCC. The molecule has 9 nitrogen and oxygen atoms in total. The van der Waals surface area contributed by atoms with Crippen molar-refractivity contribution in [3.05, 3.63) is 146 Å². The van der Waals surface area contributed by atoms with E-state index >= 15 is 0 Å². The molecule has 0 aromatic heterocycles. The number of rotatable bonds is 55. The Balaban J connectivity index is 2.18. The summed E-state index contributed by atoms with van der Waals surface area (Å²) < 4.78 is 11.3. The minimum absolute atomic E-state index is 0.199. The molecule has 0 saturated carbocycles. The molecule has 7 atom stereocenters. The molecule has 9 heteroatoms. The predicted molar refractivity (Wildman–Crippen MR) is 350 cm³/mol. The minimum atomic E-state index is -1.58. The first kappa shape index (κ1) is 76.1. The van der Waals surface area contributed by atoms with E-state index in [0.717, 1.165) is 122 Å². The van der Waals surface area contributed by atoms with Crippen LogP contribution >= 0.6 is 0 Å². The normalized spacial score (nSPS) is 19.3. The van der Waals surface area contributed by atoms with E-state index in [4.69, 9.17) is 9.47 Å². The summed E-state index contributed by atoms with van der Waals surface area (Å²) in [7, 11) is 0. The molecule has 1 aliphatic rings. The molecule has 1 rings (SSSR count). The van der Waals surface area contributed by atoms with Crippen LogP contribution in [0.5, 0.6) is 0 Å². The van der Waals surface area contributed by atoms with E-state index in [2.05, 4.69) is 153 Å². The highest BCUT2D eigenvalue weighted by atomic mass is 16.7. The van der Waals surface area contributed by atoms with Crippen LogP contribution in [0.3, 0.4) is 0 Å². The van der Waals surface area contributed by atoms with Gasteiger partial charge in [-0.15, -0.1) is 0 Å². The van der Waals surface area contributed by atoms with Gasteiger partial charge < -0.3 is 40.3 Å². The summed E-state index contributed by atoms with van der Waals surface area (Å²) in [4.78, 5) is 13.1. The molecule has 0 spiro atoms. The van der Waals surface area contributed by atoms with Gasteiger partial charge in [0.2, 0.25) is 5.91 Å². The minimum Gasteiger partial charge on any atom is -0.394 e. The number of aliphatic hydroxyl groups is 5.